The SMILES string of the molecule is Cc1ccc(Cl)nc1C. The van der Waals surface area contributed by atoms with Gasteiger partial charge in [0, 0.05) is 5.69 Å². The van der Waals surface area contributed by atoms with Crippen LogP contribution < -0.4 is 0 Å². The Morgan fingerprint density at radius 1 is 1.33 bits per heavy atom. The highest BCUT2D eigenvalue weighted by Gasteiger charge is 1.92. The summed E-state index contributed by atoms with van der Waals surface area (Å²) >= 11 is 5.61. The molecule has 0 aliphatic rings. The van der Waals surface area contributed by atoms with Crippen molar-refractivity contribution in [3.63, 3.8) is 0 Å². The van der Waals surface area contributed by atoms with Crippen molar-refractivity contribution in [1.29, 1.82) is 0 Å². The Balaban J connectivity index is 3.17. The number of hydrogen-bond acceptors (Lipinski definition) is 1. The predicted molar refractivity (Wildman–Crippen MR) is 38.7 cm³/mol. The van der Waals surface area contributed by atoms with E-state index >= 15 is 0 Å². The Hall–Kier alpha value is -0.560. The van der Waals surface area contributed by atoms with Crippen LogP contribution in [0.4, 0.5) is 0 Å². The number of aryl methyl sites for hydroxylation is 2. The molecule has 0 N–H and O–H groups in total. The maximum Gasteiger partial charge on any atom is 0.129 e. The third-order valence-corrected chi connectivity index (χ3v) is 1.53. The first-order valence-corrected chi connectivity index (χ1v) is 3.17. The van der Waals surface area contributed by atoms with Crippen molar-refractivity contribution in [3.8, 4) is 0 Å². The summed E-state index contributed by atoms with van der Waals surface area (Å²) in [6.07, 6.45) is 0. The minimum atomic E-state index is 0.568. The fourth-order valence-corrected chi connectivity index (χ4v) is 0.790. The van der Waals surface area contributed by atoms with Crippen LogP contribution in [0.3, 0.4) is 0 Å². The third kappa shape index (κ3) is 1.42. The predicted octanol–water partition coefficient (Wildman–Crippen LogP) is 2.35. The van der Waals surface area contributed by atoms with E-state index in [4.69, 9.17) is 11.6 Å². The number of halogens is 1. The molecule has 0 aliphatic heterocycles. The van der Waals surface area contributed by atoms with Gasteiger partial charge in [-0.25, -0.2) is 4.98 Å². The highest BCUT2D eigenvalue weighted by molar-refractivity contribution is 6.29. The molecule has 48 valence electrons. The summed E-state index contributed by atoms with van der Waals surface area (Å²) in [5.41, 5.74) is 2.18. The van der Waals surface area contributed by atoms with Crippen LogP contribution in [0.25, 0.3) is 0 Å². The van der Waals surface area contributed by atoms with Gasteiger partial charge in [-0.15, -0.1) is 0 Å². The van der Waals surface area contributed by atoms with E-state index in [1.807, 2.05) is 19.9 Å². The molecule has 0 aliphatic carbocycles. The summed E-state index contributed by atoms with van der Waals surface area (Å²) in [5, 5.41) is 0.568. The highest BCUT2D eigenvalue weighted by atomic mass is 35.5. The molecule has 2 heteroatoms. The van der Waals surface area contributed by atoms with Crippen molar-refractivity contribution in [2.45, 2.75) is 13.8 Å². The van der Waals surface area contributed by atoms with Gasteiger partial charge in [-0.05, 0) is 25.5 Å². The van der Waals surface area contributed by atoms with Gasteiger partial charge in [-0.1, -0.05) is 17.7 Å². The molecule has 0 radical (unpaired) electrons. The van der Waals surface area contributed by atoms with Crippen LogP contribution in [0.5, 0.6) is 0 Å². The van der Waals surface area contributed by atoms with E-state index in [-0.39, 0.29) is 0 Å². The average Bonchev–Trinajstić information content (AvgIpc) is 1.80. The van der Waals surface area contributed by atoms with Gasteiger partial charge in [0.2, 0.25) is 0 Å². The van der Waals surface area contributed by atoms with E-state index in [0.29, 0.717) is 5.15 Å². The number of pyridine rings is 1. The Labute approximate surface area is 59.7 Å². The maximum atomic E-state index is 5.61. The lowest BCUT2D eigenvalue weighted by atomic mass is 10.2. The monoisotopic (exact) mass is 141 g/mol. The van der Waals surface area contributed by atoms with Gasteiger partial charge < -0.3 is 0 Å². The lowest BCUT2D eigenvalue weighted by molar-refractivity contribution is 1.15. The summed E-state index contributed by atoms with van der Waals surface area (Å²) in [7, 11) is 0. The molecule has 0 fully saturated rings. The molecule has 9 heavy (non-hydrogen) atoms. The fraction of sp³-hybridized carbons (Fsp3) is 0.286. The Morgan fingerprint density at radius 3 is 2.44 bits per heavy atom. The molecular formula is C7H8ClN. The van der Waals surface area contributed by atoms with Gasteiger partial charge in [-0.2, -0.15) is 0 Å². The first-order chi connectivity index (χ1) is 4.20. The quantitative estimate of drug-likeness (QED) is 0.506. The standard InChI is InChI=1S/C7H8ClN/c1-5-3-4-7(8)9-6(5)2/h3-4H,1-2H3. The second-order valence-corrected chi connectivity index (χ2v) is 2.42. The van der Waals surface area contributed by atoms with E-state index in [9.17, 15) is 0 Å². The summed E-state index contributed by atoms with van der Waals surface area (Å²) < 4.78 is 0. The van der Waals surface area contributed by atoms with Crippen LogP contribution in [-0.2, 0) is 0 Å². The molecule has 1 nitrogen and oxygen atoms in total. The molecule has 1 aromatic heterocycles. The summed E-state index contributed by atoms with van der Waals surface area (Å²) in [5.74, 6) is 0. The maximum absolute atomic E-state index is 5.61. The number of nitrogens with zero attached hydrogens (tertiary/aromatic N) is 1. The van der Waals surface area contributed by atoms with E-state index in [2.05, 4.69) is 4.98 Å². The topological polar surface area (TPSA) is 12.9 Å². The summed E-state index contributed by atoms with van der Waals surface area (Å²) in [6, 6.07) is 3.76. The van der Waals surface area contributed by atoms with Crippen molar-refractivity contribution < 1.29 is 0 Å². The highest BCUT2D eigenvalue weighted by Crippen LogP contribution is 2.08. The Morgan fingerprint density at radius 2 is 2.00 bits per heavy atom. The molecule has 0 aromatic carbocycles. The molecule has 0 amide bonds. The molecule has 0 unspecified atom stereocenters. The largest absolute Gasteiger partial charge is 0.241 e. The minimum absolute atomic E-state index is 0.568. The minimum Gasteiger partial charge on any atom is -0.241 e. The number of hydrogen-bond donors (Lipinski definition) is 0. The second kappa shape index (κ2) is 2.36. The molecular weight excluding hydrogens is 134 g/mol. The fourth-order valence-electron chi connectivity index (χ4n) is 0.600. The van der Waals surface area contributed by atoms with Gasteiger partial charge in [0.05, 0.1) is 0 Å². The first kappa shape index (κ1) is 6.56. The molecule has 0 saturated carbocycles. The van der Waals surface area contributed by atoms with E-state index in [1.165, 1.54) is 5.56 Å². The van der Waals surface area contributed by atoms with E-state index in [0.717, 1.165) is 5.69 Å². The van der Waals surface area contributed by atoms with Gasteiger partial charge in [-0.3, -0.25) is 0 Å². The smallest absolute Gasteiger partial charge is 0.129 e. The molecule has 0 bridgehead atoms. The van der Waals surface area contributed by atoms with Crippen molar-refractivity contribution >= 4 is 11.6 Å². The lowest BCUT2D eigenvalue weighted by Crippen LogP contribution is -1.84. The zero-order valence-electron chi connectivity index (χ0n) is 5.48. The van der Waals surface area contributed by atoms with Crippen LogP contribution in [0.15, 0.2) is 12.1 Å². The summed E-state index contributed by atoms with van der Waals surface area (Å²) in [4.78, 5) is 4.04. The van der Waals surface area contributed by atoms with Crippen LogP contribution in [0.2, 0.25) is 5.15 Å². The second-order valence-electron chi connectivity index (χ2n) is 2.04. The molecule has 0 saturated heterocycles. The zero-order chi connectivity index (χ0) is 6.85. The third-order valence-electron chi connectivity index (χ3n) is 1.32. The van der Waals surface area contributed by atoms with Crippen LogP contribution in [0.1, 0.15) is 11.3 Å². The van der Waals surface area contributed by atoms with Crippen molar-refractivity contribution in [1.82, 2.24) is 4.98 Å². The first-order valence-electron chi connectivity index (χ1n) is 2.80. The van der Waals surface area contributed by atoms with Gasteiger partial charge in [0.25, 0.3) is 0 Å². The molecule has 1 rings (SSSR count). The lowest BCUT2D eigenvalue weighted by Gasteiger charge is -1.95. The molecule has 0 spiro atoms. The van der Waals surface area contributed by atoms with Crippen molar-refractivity contribution in [2.75, 3.05) is 0 Å². The number of aromatic nitrogens is 1. The summed E-state index contributed by atoms with van der Waals surface area (Å²) in [6.45, 7) is 3.96. The normalized spacial score (nSPS) is 9.67. The molecule has 1 aromatic rings. The number of rotatable bonds is 0. The van der Waals surface area contributed by atoms with Gasteiger partial charge in [0.1, 0.15) is 5.15 Å². The average molecular weight is 142 g/mol. The molecule has 0 atom stereocenters. The van der Waals surface area contributed by atoms with Crippen LogP contribution >= 0.6 is 11.6 Å². The molecule has 1 heterocycles. The Bertz CT molecular complexity index is 220. The van der Waals surface area contributed by atoms with E-state index < -0.39 is 0 Å². The van der Waals surface area contributed by atoms with Gasteiger partial charge >= 0.3 is 0 Å². The van der Waals surface area contributed by atoms with Crippen molar-refractivity contribution in [3.05, 3.63) is 28.5 Å². The van der Waals surface area contributed by atoms with Gasteiger partial charge in [0.15, 0.2) is 0 Å². The zero-order valence-corrected chi connectivity index (χ0v) is 6.24. The van der Waals surface area contributed by atoms with Crippen molar-refractivity contribution in [2.24, 2.45) is 0 Å². The Kier molecular flexibility index (Phi) is 1.72. The van der Waals surface area contributed by atoms with E-state index in [1.54, 1.807) is 6.07 Å². The van der Waals surface area contributed by atoms with Crippen LogP contribution in [-0.4, -0.2) is 4.98 Å². The van der Waals surface area contributed by atoms with Crippen LogP contribution in [0, 0.1) is 13.8 Å².